The predicted octanol–water partition coefficient (Wildman–Crippen LogP) is 4.16. The first-order valence-electron chi connectivity index (χ1n) is 13.2. The molecule has 1 aliphatic carbocycles. The quantitative estimate of drug-likeness (QED) is 0.521. The van der Waals surface area contributed by atoms with E-state index in [1.807, 2.05) is 29.2 Å². The number of halogens is 1. The van der Waals surface area contributed by atoms with Gasteiger partial charge in [0.15, 0.2) is 0 Å². The molecule has 2 aliphatic heterocycles. The van der Waals surface area contributed by atoms with Crippen LogP contribution in [0, 0.1) is 17.3 Å². The number of methoxy groups -OCH3 is 1. The molecule has 3 atom stereocenters. The van der Waals surface area contributed by atoms with Crippen molar-refractivity contribution in [1.82, 2.24) is 4.90 Å². The minimum atomic E-state index is -0.960. The Hall–Kier alpha value is -3.26. The van der Waals surface area contributed by atoms with Gasteiger partial charge < -0.3 is 25.4 Å². The Morgan fingerprint density at radius 1 is 1.08 bits per heavy atom. The summed E-state index contributed by atoms with van der Waals surface area (Å²) in [6.45, 7) is 2.94. The molecule has 3 unspecified atom stereocenters. The molecule has 2 aromatic rings. The van der Waals surface area contributed by atoms with Crippen molar-refractivity contribution < 1.29 is 24.2 Å². The zero-order valence-corrected chi connectivity index (χ0v) is 22.3. The highest BCUT2D eigenvalue weighted by molar-refractivity contribution is 6.30. The van der Waals surface area contributed by atoms with Crippen LogP contribution < -0.4 is 15.4 Å². The molecule has 38 heavy (non-hydrogen) atoms. The van der Waals surface area contributed by atoms with E-state index in [1.54, 1.807) is 18.2 Å². The summed E-state index contributed by atoms with van der Waals surface area (Å²) in [6, 6.07) is 13.0. The van der Waals surface area contributed by atoms with Crippen LogP contribution in [-0.2, 0) is 9.59 Å². The number of carboxylic acid groups (broad SMARTS) is 1. The van der Waals surface area contributed by atoms with Crippen molar-refractivity contribution in [2.45, 2.75) is 38.0 Å². The van der Waals surface area contributed by atoms with Gasteiger partial charge in [0.1, 0.15) is 5.75 Å². The highest BCUT2D eigenvalue weighted by Gasteiger charge is 2.49. The standard InChI is InChI=1S/C29H34ClN3O5/c1-38-25-12-21(30)7-8-23(25)27(35)33-16-19-14-32(15-20(19)17-33)22-6-4-5-18(11-22)24(13-26(31)34)29(28(36)37)9-2-3-10-29/h4-8,11-12,19-20,24H,2-3,9-10,13-17H2,1H3,(H2,31,34)(H,36,37). The second kappa shape index (κ2) is 10.5. The average Bonchev–Trinajstić information content (AvgIpc) is 3.63. The fourth-order valence-corrected chi connectivity index (χ4v) is 7.03. The normalized spacial score (nSPS) is 22.8. The Morgan fingerprint density at radius 2 is 1.76 bits per heavy atom. The van der Waals surface area contributed by atoms with Gasteiger partial charge in [-0.1, -0.05) is 36.6 Å². The molecule has 9 heteroatoms. The van der Waals surface area contributed by atoms with Crippen molar-refractivity contribution in [3.05, 3.63) is 58.6 Å². The van der Waals surface area contributed by atoms with Crippen LogP contribution >= 0.6 is 11.6 Å². The molecule has 2 saturated heterocycles. The van der Waals surface area contributed by atoms with Gasteiger partial charge in [-0.05, 0) is 48.7 Å². The fourth-order valence-electron chi connectivity index (χ4n) is 6.87. The summed E-state index contributed by atoms with van der Waals surface area (Å²) >= 11 is 6.06. The van der Waals surface area contributed by atoms with Crippen molar-refractivity contribution in [3.63, 3.8) is 0 Å². The second-order valence-corrected chi connectivity index (χ2v) is 11.4. The number of nitrogens with two attached hydrogens (primary N) is 1. The van der Waals surface area contributed by atoms with Gasteiger partial charge in [-0.3, -0.25) is 14.4 Å². The lowest BCUT2D eigenvalue weighted by atomic mass is 9.69. The molecule has 2 heterocycles. The third-order valence-electron chi connectivity index (χ3n) is 8.80. The molecule has 5 rings (SSSR count). The molecule has 2 aromatic carbocycles. The Bertz CT molecular complexity index is 1230. The molecule has 3 N–H and O–H groups in total. The van der Waals surface area contributed by atoms with E-state index < -0.39 is 23.2 Å². The van der Waals surface area contributed by atoms with Crippen molar-refractivity contribution in [1.29, 1.82) is 0 Å². The topological polar surface area (TPSA) is 113 Å². The number of carbonyl (C=O) groups excluding carboxylic acids is 2. The largest absolute Gasteiger partial charge is 0.496 e. The number of aliphatic carboxylic acids is 1. The molecule has 0 aromatic heterocycles. The summed E-state index contributed by atoms with van der Waals surface area (Å²) in [6.07, 6.45) is 2.81. The summed E-state index contributed by atoms with van der Waals surface area (Å²) in [5.41, 5.74) is 7.02. The number of hydrogen-bond donors (Lipinski definition) is 2. The summed E-state index contributed by atoms with van der Waals surface area (Å²) < 4.78 is 5.38. The van der Waals surface area contributed by atoms with Crippen LogP contribution in [0.25, 0.3) is 0 Å². The lowest BCUT2D eigenvalue weighted by Gasteiger charge is -2.34. The van der Waals surface area contributed by atoms with Gasteiger partial charge >= 0.3 is 5.97 Å². The third kappa shape index (κ3) is 4.82. The van der Waals surface area contributed by atoms with E-state index in [0.717, 1.165) is 37.2 Å². The number of carboxylic acids is 1. The van der Waals surface area contributed by atoms with Crippen molar-refractivity contribution >= 4 is 35.1 Å². The zero-order chi connectivity index (χ0) is 27.0. The van der Waals surface area contributed by atoms with Crippen molar-refractivity contribution in [3.8, 4) is 5.75 Å². The Balaban J connectivity index is 1.31. The molecule has 0 bridgehead atoms. The van der Waals surface area contributed by atoms with E-state index in [2.05, 4.69) is 4.90 Å². The number of anilines is 1. The van der Waals surface area contributed by atoms with E-state index in [9.17, 15) is 19.5 Å². The molecule has 1 saturated carbocycles. The van der Waals surface area contributed by atoms with Gasteiger partial charge in [-0.2, -0.15) is 0 Å². The minimum Gasteiger partial charge on any atom is -0.496 e. The summed E-state index contributed by atoms with van der Waals surface area (Å²) in [5.74, 6) is -0.680. The van der Waals surface area contributed by atoms with Gasteiger partial charge in [0, 0.05) is 61.1 Å². The van der Waals surface area contributed by atoms with E-state index in [1.165, 1.54) is 7.11 Å². The van der Waals surface area contributed by atoms with Crippen LogP contribution in [0.2, 0.25) is 5.02 Å². The minimum absolute atomic E-state index is 0.0201. The Labute approximate surface area is 227 Å². The molecule has 3 aliphatic rings. The number of fused-ring (bicyclic) bond motifs is 1. The smallest absolute Gasteiger partial charge is 0.310 e. The molecule has 3 fully saturated rings. The van der Waals surface area contributed by atoms with E-state index in [-0.39, 0.29) is 12.3 Å². The fraction of sp³-hybridized carbons (Fsp3) is 0.483. The molecule has 0 radical (unpaired) electrons. The maximum atomic E-state index is 13.2. The predicted molar refractivity (Wildman–Crippen MR) is 145 cm³/mol. The third-order valence-corrected chi connectivity index (χ3v) is 9.03. The van der Waals surface area contributed by atoms with Gasteiger partial charge in [0.05, 0.1) is 18.1 Å². The maximum absolute atomic E-state index is 13.2. The van der Waals surface area contributed by atoms with Crippen LogP contribution in [0.4, 0.5) is 5.69 Å². The zero-order valence-electron chi connectivity index (χ0n) is 21.6. The summed E-state index contributed by atoms with van der Waals surface area (Å²) in [5, 5.41) is 10.7. The highest BCUT2D eigenvalue weighted by Crippen LogP contribution is 2.51. The van der Waals surface area contributed by atoms with Gasteiger partial charge in [-0.25, -0.2) is 0 Å². The number of carbonyl (C=O) groups is 3. The SMILES string of the molecule is COc1cc(Cl)ccc1C(=O)N1CC2CN(c3cccc(C(CC(N)=O)C4(C(=O)O)CCCC4)c3)CC2C1. The number of primary amides is 1. The number of hydrogen-bond acceptors (Lipinski definition) is 5. The monoisotopic (exact) mass is 539 g/mol. The van der Waals surface area contributed by atoms with Gasteiger partial charge in [0.25, 0.3) is 5.91 Å². The Morgan fingerprint density at radius 3 is 2.37 bits per heavy atom. The van der Waals surface area contributed by atoms with Gasteiger partial charge in [-0.15, -0.1) is 0 Å². The number of rotatable bonds is 8. The van der Waals surface area contributed by atoms with E-state index in [4.69, 9.17) is 22.1 Å². The maximum Gasteiger partial charge on any atom is 0.310 e. The Kier molecular flexibility index (Phi) is 7.27. The molecular weight excluding hydrogens is 506 g/mol. The number of amides is 2. The second-order valence-electron chi connectivity index (χ2n) is 11.0. The number of ether oxygens (including phenoxy) is 1. The van der Waals surface area contributed by atoms with E-state index in [0.29, 0.717) is 54.1 Å². The first-order valence-corrected chi connectivity index (χ1v) is 13.6. The average molecular weight is 540 g/mol. The molecule has 8 nitrogen and oxygen atoms in total. The summed E-state index contributed by atoms with van der Waals surface area (Å²) in [7, 11) is 1.53. The molecular formula is C29H34ClN3O5. The van der Waals surface area contributed by atoms with Crippen LogP contribution in [-0.4, -0.2) is 61.1 Å². The summed E-state index contributed by atoms with van der Waals surface area (Å²) in [4.78, 5) is 41.9. The van der Waals surface area contributed by atoms with Crippen LogP contribution in [0.15, 0.2) is 42.5 Å². The van der Waals surface area contributed by atoms with Crippen molar-refractivity contribution in [2.75, 3.05) is 38.2 Å². The van der Waals surface area contributed by atoms with Crippen LogP contribution in [0.5, 0.6) is 5.75 Å². The lowest BCUT2D eigenvalue weighted by Crippen LogP contribution is -2.37. The van der Waals surface area contributed by atoms with Crippen molar-refractivity contribution in [2.24, 2.45) is 23.0 Å². The molecule has 2 amide bonds. The van der Waals surface area contributed by atoms with Crippen LogP contribution in [0.3, 0.4) is 0 Å². The number of benzene rings is 2. The number of likely N-dealkylation sites (tertiary alicyclic amines) is 1. The molecule has 202 valence electrons. The van der Waals surface area contributed by atoms with Crippen LogP contribution in [0.1, 0.15) is 53.9 Å². The van der Waals surface area contributed by atoms with E-state index >= 15 is 0 Å². The highest BCUT2D eigenvalue weighted by atomic mass is 35.5. The number of nitrogens with zero attached hydrogens (tertiary/aromatic N) is 2. The lowest BCUT2D eigenvalue weighted by molar-refractivity contribution is -0.150. The molecule has 0 spiro atoms. The first-order chi connectivity index (χ1) is 18.2. The van der Waals surface area contributed by atoms with Gasteiger partial charge in [0.2, 0.25) is 5.91 Å². The first kappa shape index (κ1) is 26.4.